The highest BCUT2D eigenvalue weighted by molar-refractivity contribution is 6.02. The van der Waals surface area contributed by atoms with Gasteiger partial charge in [0.25, 0.3) is 11.8 Å². The summed E-state index contributed by atoms with van der Waals surface area (Å²) in [7, 11) is 1.50. The largest absolute Gasteiger partial charge is 0.486 e. The lowest BCUT2D eigenvalue weighted by atomic mass is 9.86. The number of rotatable bonds is 7. The summed E-state index contributed by atoms with van der Waals surface area (Å²) in [5, 5.41) is 5.62. The minimum Gasteiger partial charge on any atom is -0.486 e. The van der Waals surface area contributed by atoms with Crippen LogP contribution in [0.4, 0.5) is 4.39 Å². The molecule has 1 aliphatic carbocycles. The van der Waals surface area contributed by atoms with Gasteiger partial charge < -0.3 is 20.1 Å². The fourth-order valence-corrected chi connectivity index (χ4v) is 4.51. The van der Waals surface area contributed by atoms with Crippen molar-refractivity contribution in [1.29, 1.82) is 0 Å². The van der Waals surface area contributed by atoms with Crippen LogP contribution in [0.1, 0.15) is 39.1 Å². The zero-order chi connectivity index (χ0) is 22.1. The minimum absolute atomic E-state index is 0.0994. The number of hydrogen-bond acceptors (Lipinski definition) is 4. The number of allylic oxidation sites excluding steroid dienone is 4. The fourth-order valence-electron chi connectivity index (χ4n) is 4.51. The van der Waals surface area contributed by atoms with Gasteiger partial charge in [-0.1, -0.05) is 30.9 Å². The number of ether oxygens (including phenoxy) is 2. The van der Waals surface area contributed by atoms with Crippen molar-refractivity contribution in [2.24, 2.45) is 11.8 Å². The Balaban J connectivity index is 1.69. The molecule has 2 amide bonds. The normalized spacial score (nSPS) is 28.3. The van der Waals surface area contributed by atoms with Crippen molar-refractivity contribution in [3.63, 3.8) is 0 Å². The summed E-state index contributed by atoms with van der Waals surface area (Å²) >= 11 is 0. The van der Waals surface area contributed by atoms with Crippen LogP contribution in [0.25, 0.3) is 0 Å². The molecule has 0 spiro atoms. The van der Waals surface area contributed by atoms with Gasteiger partial charge in [-0.3, -0.25) is 9.59 Å². The second-order valence-electron chi connectivity index (χ2n) is 8.13. The first kappa shape index (κ1) is 21.3. The molecule has 1 saturated heterocycles. The van der Waals surface area contributed by atoms with Gasteiger partial charge in [0.05, 0.1) is 24.7 Å². The fraction of sp³-hybridized carbons (Fsp3) is 0.417. The smallest absolute Gasteiger partial charge is 0.254 e. The van der Waals surface area contributed by atoms with Crippen LogP contribution in [-0.4, -0.2) is 50.9 Å². The van der Waals surface area contributed by atoms with Gasteiger partial charge in [0, 0.05) is 36.1 Å². The zero-order valence-corrected chi connectivity index (χ0v) is 17.7. The van der Waals surface area contributed by atoms with Crippen molar-refractivity contribution < 1.29 is 23.5 Å². The third-order valence-corrected chi connectivity index (χ3v) is 6.24. The van der Waals surface area contributed by atoms with Gasteiger partial charge in [-0.15, -0.1) is 0 Å². The van der Waals surface area contributed by atoms with Crippen molar-refractivity contribution in [3.8, 4) is 5.75 Å². The predicted molar refractivity (Wildman–Crippen MR) is 115 cm³/mol. The molecule has 3 aliphatic rings. The summed E-state index contributed by atoms with van der Waals surface area (Å²) in [4.78, 5) is 25.5. The van der Waals surface area contributed by atoms with Crippen molar-refractivity contribution in [2.45, 2.75) is 25.0 Å². The molecule has 1 aromatic carbocycles. The molecule has 0 aromatic heterocycles. The Kier molecular flexibility index (Phi) is 5.96. The third-order valence-electron chi connectivity index (χ3n) is 6.24. The van der Waals surface area contributed by atoms with E-state index in [1.165, 1.54) is 13.1 Å². The van der Waals surface area contributed by atoms with E-state index in [4.69, 9.17) is 9.47 Å². The number of nitrogens with one attached hydrogen (secondary N) is 2. The van der Waals surface area contributed by atoms with Gasteiger partial charge in [-0.25, -0.2) is 4.39 Å². The van der Waals surface area contributed by atoms with Crippen LogP contribution >= 0.6 is 0 Å². The second-order valence-corrected chi connectivity index (χ2v) is 8.13. The monoisotopic (exact) mass is 426 g/mol. The van der Waals surface area contributed by atoms with Gasteiger partial charge >= 0.3 is 0 Å². The van der Waals surface area contributed by atoms with Crippen LogP contribution in [0, 0.1) is 11.8 Å². The molecule has 1 saturated carbocycles. The van der Waals surface area contributed by atoms with E-state index in [-0.39, 0.29) is 17.5 Å². The van der Waals surface area contributed by atoms with Crippen molar-refractivity contribution in [1.82, 2.24) is 10.6 Å². The summed E-state index contributed by atoms with van der Waals surface area (Å²) in [6.45, 7) is 6.57. The summed E-state index contributed by atoms with van der Waals surface area (Å²) < 4.78 is 25.1. The van der Waals surface area contributed by atoms with E-state index in [9.17, 15) is 14.0 Å². The molecule has 164 valence electrons. The molecule has 1 aromatic rings. The van der Waals surface area contributed by atoms with Crippen LogP contribution in [0.2, 0.25) is 0 Å². The lowest BCUT2D eigenvalue weighted by molar-refractivity contribution is 0.0929. The Morgan fingerprint density at radius 1 is 1.23 bits per heavy atom. The van der Waals surface area contributed by atoms with Gasteiger partial charge in [0.15, 0.2) is 0 Å². The number of alkyl halides is 1. The van der Waals surface area contributed by atoms with E-state index in [2.05, 4.69) is 17.2 Å². The molecule has 0 radical (unpaired) electrons. The highest BCUT2D eigenvalue weighted by Gasteiger charge is 2.54. The summed E-state index contributed by atoms with van der Waals surface area (Å²) in [6.07, 6.45) is 6.53. The average Bonchev–Trinajstić information content (AvgIpc) is 3.13. The number of benzene rings is 1. The Bertz CT molecular complexity index is 961. The SMILES string of the molecule is C=C(/C=C\C=C/C)[C@@H]1c2cc(C(=O)NC3[C@H]4COC[C@@H]34)cc(C(=O)NC)c2O[C@H]1CF. The summed E-state index contributed by atoms with van der Waals surface area (Å²) in [6, 6.07) is 3.31. The quantitative estimate of drug-likeness (QED) is 0.658. The predicted octanol–water partition coefficient (Wildman–Crippen LogP) is 2.92. The average molecular weight is 426 g/mol. The maximum Gasteiger partial charge on any atom is 0.254 e. The van der Waals surface area contributed by atoms with Crippen LogP contribution in [0.3, 0.4) is 0 Å². The first-order chi connectivity index (χ1) is 15.0. The molecule has 6 nitrogen and oxygen atoms in total. The van der Waals surface area contributed by atoms with Gasteiger partial charge in [-0.2, -0.15) is 0 Å². The minimum atomic E-state index is -0.806. The number of carbonyl (C=O) groups excluding carboxylic acids is 2. The van der Waals surface area contributed by atoms with Crippen LogP contribution in [-0.2, 0) is 4.74 Å². The van der Waals surface area contributed by atoms with E-state index in [1.807, 2.05) is 25.2 Å². The zero-order valence-electron chi connectivity index (χ0n) is 17.7. The van der Waals surface area contributed by atoms with Crippen LogP contribution in [0.5, 0.6) is 5.75 Å². The molecule has 7 heteroatoms. The van der Waals surface area contributed by atoms with Crippen molar-refractivity contribution >= 4 is 11.8 Å². The number of hydrogen-bond donors (Lipinski definition) is 2. The molecular weight excluding hydrogens is 399 g/mol. The second kappa shape index (κ2) is 8.67. The molecule has 1 unspecified atom stereocenters. The lowest BCUT2D eigenvalue weighted by Crippen LogP contribution is -2.30. The number of amides is 2. The number of carbonyl (C=O) groups is 2. The molecule has 2 N–H and O–H groups in total. The molecule has 31 heavy (non-hydrogen) atoms. The van der Waals surface area contributed by atoms with E-state index >= 15 is 0 Å². The number of fused-ring (bicyclic) bond motifs is 2. The molecule has 2 fully saturated rings. The lowest BCUT2D eigenvalue weighted by Gasteiger charge is -2.16. The van der Waals surface area contributed by atoms with E-state index in [0.29, 0.717) is 47.5 Å². The third kappa shape index (κ3) is 3.90. The summed E-state index contributed by atoms with van der Waals surface area (Å²) in [5.41, 5.74) is 1.81. The summed E-state index contributed by atoms with van der Waals surface area (Å²) in [5.74, 6) is -0.117. The Hall–Kier alpha value is -2.93. The molecule has 4 rings (SSSR count). The Morgan fingerprint density at radius 2 is 1.97 bits per heavy atom. The van der Waals surface area contributed by atoms with Gasteiger partial charge in [-0.05, 0) is 24.6 Å². The highest BCUT2D eigenvalue weighted by atomic mass is 19.1. The highest BCUT2D eigenvalue weighted by Crippen LogP contribution is 2.46. The topological polar surface area (TPSA) is 76.7 Å². The van der Waals surface area contributed by atoms with Crippen LogP contribution in [0.15, 0.2) is 48.6 Å². The van der Waals surface area contributed by atoms with E-state index in [1.54, 1.807) is 12.1 Å². The van der Waals surface area contributed by atoms with E-state index in [0.717, 1.165) is 0 Å². The van der Waals surface area contributed by atoms with Gasteiger partial charge in [0.2, 0.25) is 0 Å². The van der Waals surface area contributed by atoms with E-state index < -0.39 is 24.6 Å². The maximum absolute atomic E-state index is 13.9. The van der Waals surface area contributed by atoms with Crippen molar-refractivity contribution in [3.05, 3.63) is 65.3 Å². The van der Waals surface area contributed by atoms with Crippen LogP contribution < -0.4 is 15.4 Å². The van der Waals surface area contributed by atoms with Crippen molar-refractivity contribution in [2.75, 3.05) is 26.9 Å². The molecular formula is C24H27FN2O4. The standard InChI is InChI=1S/C24H27FN2O4/c1-4-5-6-7-13(2)20-15-8-14(23(28)27-21-17-11-30-12-18(17)21)9-16(24(29)26-3)22(15)31-19(20)10-25/h4-9,17-21H,2,10-12H2,1,3H3,(H,26,29)(H,27,28)/b5-4-,7-6-/t17-,18+,19-,20+,21?/m0/s1. The first-order valence-corrected chi connectivity index (χ1v) is 10.5. The number of halogens is 1. The first-order valence-electron chi connectivity index (χ1n) is 10.5. The Morgan fingerprint density at radius 3 is 2.61 bits per heavy atom. The molecule has 0 bridgehead atoms. The maximum atomic E-state index is 13.9. The Labute approximate surface area is 181 Å². The van der Waals surface area contributed by atoms with Gasteiger partial charge in [0.1, 0.15) is 18.5 Å². The molecule has 2 aliphatic heterocycles. The molecule has 5 atom stereocenters. The molecule has 2 heterocycles.